The number of aromatic nitrogens is 12. The monoisotopic (exact) mass is 1680 g/mol. The second-order valence-electron chi connectivity index (χ2n) is 29.2. The number of nitrogens with two attached hydrogens (primary N) is 1. The molecule has 0 saturated heterocycles. The Labute approximate surface area is 710 Å². The average molecular weight is 1680 g/mol. The van der Waals surface area contributed by atoms with E-state index in [1.54, 1.807) is 12.1 Å². The van der Waals surface area contributed by atoms with Crippen LogP contribution in [0.25, 0.3) is 145 Å². The number of para-hydroxylation sites is 15. The maximum Gasteiger partial charge on any atom is 0.220 e. The van der Waals surface area contributed by atoms with Crippen molar-refractivity contribution in [1.29, 1.82) is 0 Å². The SMILES string of the molecule is Brc1ccc2c(c1)n(-c1ccccc1)c1nc3ccccc3n21.Clc1ccccc1Nc1ccc2c(c1)n(-c1ccccc1)c1nc3ccccc3n21.Clc1ccccc1Nc1ccc2c(c1)n(-c1ccccc1)c1nc3ccccc3n21.Nc1ccccc1Cl.c1ccc(-n2c3cc4c(cc3n3c5ccccc5nc23)-c2ccccc2C4)cc1. The summed E-state index contributed by atoms with van der Waals surface area (Å²) in [6.07, 6.45) is 0.991. The number of anilines is 5. The zero-order valence-electron chi connectivity index (χ0n) is 64.0. The van der Waals surface area contributed by atoms with E-state index < -0.39 is 0 Å². The van der Waals surface area contributed by atoms with Crippen molar-refractivity contribution in [3.63, 3.8) is 0 Å². The van der Waals surface area contributed by atoms with E-state index in [1.807, 2.05) is 121 Å². The lowest BCUT2D eigenvalue weighted by Crippen LogP contribution is -1.96. The minimum atomic E-state index is 0.618. The van der Waals surface area contributed by atoms with Crippen LogP contribution in [0.1, 0.15) is 11.1 Å². The smallest absolute Gasteiger partial charge is 0.220 e. The maximum absolute atomic E-state index is 6.35. The number of hydrogen-bond acceptors (Lipinski definition) is 7. The molecule has 0 saturated carbocycles. The Balaban J connectivity index is 0.0000000962. The van der Waals surface area contributed by atoms with Crippen molar-refractivity contribution >= 4 is 191 Å². The Morgan fingerprint density at radius 3 is 0.975 bits per heavy atom. The largest absolute Gasteiger partial charge is 0.398 e. The van der Waals surface area contributed by atoms with Crippen LogP contribution in [0.2, 0.25) is 15.1 Å². The average Bonchev–Trinajstić information content (AvgIpc) is 1.33. The lowest BCUT2D eigenvalue weighted by Gasteiger charge is -2.10. The second kappa shape index (κ2) is 30.8. The van der Waals surface area contributed by atoms with Gasteiger partial charge in [0.05, 0.1) is 120 Å². The number of benzene rings is 16. The molecule has 4 N–H and O–H groups in total. The number of nitrogens with one attached hydrogen (secondary N) is 2. The summed E-state index contributed by atoms with van der Waals surface area (Å²) in [4.78, 5) is 19.8. The van der Waals surface area contributed by atoms with E-state index in [-0.39, 0.29) is 0 Å². The molecular formula is C101H69BrCl3N15. The third-order valence-electron chi connectivity index (χ3n) is 21.9. The summed E-state index contributed by atoms with van der Waals surface area (Å²) < 4.78 is 18.9. The van der Waals surface area contributed by atoms with E-state index in [0.29, 0.717) is 20.8 Å². The van der Waals surface area contributed by atoms with Gasteiger partial charge in [-0.2, -0.15) is 0 Å². The van der Waals surface area contributed by atoms with Crippen LogP contribution in [-0.4, -0.2) is 55.8 Å². The predicted octanol–water partition coefficient (Wildman–Crippen LogP) is 26.8. The van der Waals surface area contributed by atoms with Crippen molar-refractivity contribution in [2.75, 3.05) is 16.4 Å². The van der Waals surface area contributed by atoms with Crippen molar-refractivity contribution in [2.45, 2.75) is 6.42 Å². The van der Waals surface area contributed by atoms with Crippen LogP contribution >= 0.6 is 50.7 Å². The zero-order chi connectivity index (χ0) is 80.5. The first-order chi connectivity index (χ1) is 59.1. The molecular weight excluding hydrogens is 1610 g/mol. The highest BCUT2D eigenvalue weighted by Crippen LogP contribution is 2.43. The molecule has 25 rings (SSSR count). The summed E-state index contributed by atoms with van der Waals surface area (Å²) in [6, 6.07) is 130. The van der Waals surface area contributed by atoms with Gasteiger partial charge in [-0.25, -0.2) is 19.9 Å². The van der Waals surface area contributed by atoms with Gasteiger partial charge in [0.15, 0.2) is 0 Å². The number of fused-ring (bicyclic) bond motifs is 23. The van der Waals surface area contributed by atoms with Gasteiger partial charge >= 0.3 is 0 Å². The van der Waals surface area contributed by atoms with Gasteiger partial charge in [0.2, 0.25) is 23.1 Å². The van der Waals surface area contributed by atoms with E-state index in [4.69, 9.17) is 60.5 Å². The van der Waals surface area contributed by atoms with E-state index in [2.05, 4.69) is 311 Å². The molecule has 16 aromatic carbocycles. The third-order valence-corrected chi connectivity index (χ3v) is 23.4. The van der Waals surface area contributed by atoms with Gasteiger partial charge in [-0.3, -0.25) is 35.9 Å². The molecule has 0 amide bonds. The number of hydrogen-bond donors (Lipinski definition) is 3. The molecule has 0 aliphatic heterocycles. The molecule has 24 aromatic rings. The molecule has 0 fully saturated rings. The van der Waals surface area contributed by atoms with Crippen LogP contribution in [0.15, 0.2) is 387 Å². The van der Waals surface area contributed by atoms with Crippen LogP contribution in [0.4, 0.5) is 28.4 Å². The lowest BCUT2D eigenvalue weighted by molar-refractivity contribution is 1.11. The molecule has 576 valence electrons. The van der Waals surface area contributed by atoms with Crippen molar-refractivity contribution in [3.8, 4) is 33.9 Å². The Hall–Kier alpha value is -14.7. The topological polar surface area (TPSA) is 139 Å². The minimum absolute atomic E-state index is 0.618. The highest BCUT2D eigenvalue weighted by Gasteiger charge is 2.26. The summed E-state index contributed by atoms with van der Waals surface area (Å²) in [6.45, 7) is 0. The van der Waals surface area contributed by atoms with Crippen LogP contribution in [0.3, 0.4) is 0 Å². The van der Waals surface area contributed by atoms with Gasteiger partial charge < -0.3 is 16.4 Å². The molecule has 1 aliphatic carbocycles. The molecule has 0 atom stereocenters. The van der Waals surface area contributed by atoms with Crippen LogP contribution in [-0.2, 0) is 6.42 Å². The van der Waals surface area contributed by atoms with Crippen molar-refractivity contribution in [2.24, 2.45) is 0 Å². The fourth-order valence-electron chi connectivity index (χ4n) is 16.6. The second-order valence-corrected chi connectivity index (χ2v) is 31.4. The normalized spacial score (nSPS) is 11.7. The Morgan fingerprint density at radius 1 is 0.258 bits per heavy atom. The van der Waals surface area contributed by atoms with E-state index in [1.165, 1.54) is 33.3 Å². The highest BCUT2D eigenvalue weighted by atomic mass is 79.9. The first-order valence-electron chi connectivity index (χ1n) is 39.3. The lowest BCUT2D eigenvalue weighted by atomic mass is 10.1. The Morgan fingerprint density at radius 2 is 0.583 bits per heavy atom. The Bertz CT molecular complexity index is 7780. The van der Waals surface area contributed by atoms with Gasteiger partial charge in [0.25, 0.3) is 0 Å². The maximum atomic E-state index is 6.35. The quantitative estimate of drug-likeness (QED) is 0.129. The fraction of sp³-hybridized carbons (Fsp3) is 0.00990. The predicted molar refractivity (Wildman–Crippen MR) is 499 cm³/mol. The van der Waals surface area contributed by atoms with Gasteiger partial charge in [-0.05, 0) is 229 Å². The molecule has 1 aliphatic rings. The van der Waals surface area contributed by atoms with Crippen molar-refractivity contribution < 1.29 is 0 Å². The van der Waals surface area contributed by atoms with Gasteiger partial charge in [0, 0.05) is 38.6 Å². The van der Waals surface area contributed by atoms with Crippen molar-refractivity contribution in [3.05, 3.63) is 413 Å². The molecule has 8 heterocycles. The first-order valence-corrected chi connectivity index (χ1v) is 41.2. The summed E-state index contributed by atoms with van der Waals surface area (Å²) in [5, 5.41) is 8.88. The number of halogens is 4. The summed E-state index contributed by atoms with van der Waals surface area (Å²) in [5.74, 6) is 3.69. The number of nitrogen functional groups attached to an aromatic ring is 1. The van der Waals surface area contributed by atoms with Crippen molar-refractivity contribution in [1.82, 2.24) is 55.8 Å². The fourth-order valence-corrected chi connectivity index (χ4v) is 17.4. The molecule has 0 radical (unpaired) electrons. The molecule has 0 spiro atoms. The zero-order valence-corrected chi connectivity index (χ0v) is 67.9. The van der Waals surface area contributed by atoms with Crippen LogP contribution in [0.5, 0.6) is 0 Å². The number of imidazole rings is 8. The highest BCUT2D eigenvalue weighted by molar-refractivity contribution is 9.10. The van der Waals surface area contributed by atoms with E-state index >= 15 is 0 Å². The number of rotatable bonds is 8. The van der Waals surface area contributed by atoms with E-state index in [0.717, 1.165) is 157 Å². The van der Waals surface area contributed by atoms with Gasteiger partial charge in [-0.15, -0.1) is 0 Å². The minimum Gasteiger partial charge on any atom is -0.398 e. The first kappa shape index (κ1) is 73.0. The molecule has 120 heavy (non-hydrogen) atoms. The van der Waals surface area contributed by atoms with E-state index in [9.17, 15) is 0 Å². The number of nitrogens with zero attached hydrogens (tertiary/aromatic N) is 12. The van der Waals surface area contributed by atoms with Crippen LogP contribution < -0.4 is 16.4 Å². The standard InChI is InChI=1S/C26H17N3.2C25H17ClN4.C19H12BrN3.C6H6ClN/c1-2-9-19(10-3-1)28-24-15-18-14-17-8-4-5-11-20(17)21(18)16-25(24)29-23-13-7-6-12-22(23)27-26(28)29;2*26-19-10-4-5-11-20(19)27-17-14-15-23-24(16-17)29(18-8-2-1-3-9-18)25-28-21-12-6-7-13-22(21)30(23)25;20-13-10-11-17-18(12-13)22(14-6-2-1-3-7-14)19-21-15-8-4-5-9-16(15)23(17)19;7-5-3-1-2-4-6(5)8/h1-13,15-16H,14H2;2*1-16,27H;1-12H;1-4H,8H2. The third kappa shape index (κ3) is 13.0. The van der Waals surface area contributed by atoms with Gasteiger partial charge in [-0.1, -0.05) is 233 Å². The molecule has 15 nitrogen and oxygen atoms in total. The van der Waals surface area contributed by atoms with Crippen LogP contribution in [0, 0.1) is 0 Å². The van der Waals surface area contributed by atoms with Gasteiger partial charge in [0.1, 0.15) is 0 Å². The molecule has 8 aromatic heterocycles. The summed E-state index contributed by atoms with van der Waals surface area (Å²) >= 11 is 21.9. The Kier molecular flexibility index (Phi) is 18.7. The summed E-state index contributed by atoms with van der Waals surface area (Å²) in [5.41, 5.74) is 37.1. The molecule has 0 unspecified atom stereocenters. The molecule has 0 bridgehead atoms. The molecule has 19 heteroatoms. The summed E-state index contributed by atoms with van der Waals surface area (Å²) in [7, 11) is 0.